The zero-order valence-corrected chi connectivity index (χ0v) is 19.9. The molecule has 1 fully saturated rings. The second kappa shape index (κ2) is 9.52. The average Bonchev–Trinajstić information content (AvgIpc) is 3.39. The minimum absolute atomic E-state index is 0.0905. The Morgan fingerprint density at radius 2 is 2.06 bits per heavy atom. The number of para-hydroxylation sites is 1. The second-order valence-electron chi connectivity index (χ2n) is 9.77. The third kappa shape index (κ3) is 5.04. The van der Waals surface area contributed by atoms with Crippen molar-refractivity contribution in [3.8, 4) is 11.5 Å². The predicted molar refractivity (Wildman–Crippen MR) is 124 cm³/mol. The second-order valence-corrected chi connectivity index (χ2v) is 9.77. The van der Waals surface area contributed by atoms with Crippen LogP contribution in [-0.2, 0) is 16.0 Å². The number of fused-ring (bicyclic) bond motifs is 3. The van der Waals surface area contributed by atoms with Crippen molar-refractivity contribution in [1.82, 2.24) is 5.32 Å². The first-order valence-corrected chi connectivity index (χ1v) is 11.5. The van der Waals surface area contributed by atoms with Gasteiger partial charge in [-0.1, -0.05) is 24.3 Å². The van der Waals surface area contributed by atoms with E-state index in [0.717, 1.165) is 11.1 Å². The molecule has 1 aliphatic carbocycles. The lowest BCUT2D eigenvalue weighted by atomic mass is 9.94. The molecule has 0 amide bonds. The van der Waals surface area contributed by atoms with Crippen LogP contribution in [-0.4, -0.2) is 54.2 Å². The van der Waals surface area contributed by atoms with Crippen LogP contribution in [0, 0.1) is 11.7 Å². The van der Waals surface area contributed by atoms with E-state index in [1.54, 1.807) is 12.1 Å². The highest BCUT2D eigenvalue weighted by Crippen LogP contribution is 2.59. The lowest BCUT2D eigenvalue weighted by molar-refractivity contribution is -0.139. The first-order valence-electron chi connectivity index (χ1n) is 11.5. The number of benzene rings is 2. The lowest BCUT2D eigenvalue weighted by Gasteiger charge is -2.28. The fourth-order valence-electron chi connectivity index (χ4n) is 4.66. The van der Waals surface area contributed by atoms with Crippen molar-refractivity contribution in [2.45, 2.75) is 57.0 Å². The number of ether oxygens (including phenoxy) is 3. The van der Waals surface area contributed by atoms with E-state index < -0.39 is 23.5 Å². The number of rotatable bonds is 11. The topological polar surface area (TPSA) is 97.3 Å². The number of hydrogen-bond donors (Lipinski definition) is 3. The van der Waals surface area contributed by atoms with Crippen LogP contribution in [0.25, 0.3) is 0 Å². The highest BCUT2D eigenvalue weighted by Gasteiger charge is 2.63. The normalized spacial score (nSPS) is 22.4. The first-order chi connectivity index (χ1) is 16.1. The number of halogens is 1. The number of aliphatic carboxylic acids is 1. The minimum atomic E-state index is -0.830. The number of aliphatic hydroxyl groups is 1. The summed E-state index contributed by atoms with van der Waals surface area (Å²) in [5, 5.41) is 23.0. The Hall–Kier alpha value is -2.68. The number of methoxy groups -OCH3 is 1. The van der Waals surface area contributed by atoms with Gasteiger partial charge in [0.25, 0.3) is 0 Å². The molecule has 2 aromatic rings. The number of hydrogen-bond acceptors (Lipinski definition) is 6. The molecule has 8 heteroatoms. The molecular weight excluding hydrogens is 441 g/mol. The zero-order valence-electron chi connectivity index (χ0n) is 19.9. The Labute approximate surface area is 198 Å². The van der Waals surface area contributed by atoms with Crippen LogP contribution in [0.2, 0.25) is 0 Å². The van der Waals surface area contributed by atoms with Gasteiger partial charge in [0.05, 0.1) is 25.9 Å². The standard InChI is InChI=1S/C26H32FNO6/c1-14(18-6-5-7-19-21-22(25(30)31)24(21)34-23(18)19)33-13-16(29)12-28-26(2,3)11-15-8-9-17(32-4)10-20(15)27/h5-10,14,16,21-22,24,28-29H,11-13H2,1-4H3,(H,30,31)/t14-,16-,21+,22+,24+/m1/s1. The molecule has 7 nitrogen and oxygen atoms in total. The van der Waals surface area contributed by atoms with Crippen molar-refractivity contribution < 1.29 is 33.6 Å². The van der Waals surface area contributed by atoms with Crippen LogP contribution < -0.4 is 14.8 Å². The van der Waals surface area contributed by atoms with Gasteiger partial charge in [0.15, 0.2) is 0 Å². The van der Waals surface area contributed by atoms with E-state index in [-0.39, 0.29) is 37.1 Å². The van der Waals surface area contributed by atoms with Crippen LogP contribution in [0.15, 0.2) is 36.4 Å². The number of β-amino-alcohol motifs (C(OH)–C–C–N with tert-alkyl or cyclic N) is 1. The molecule has 3 N–H and O–H groups in total. The van der Waals surface area contributed by atoms with Crippen LogP contribution in [0.5, 0.6) is 11.5 Å². The average molecular weight is 474 g/mol. The van der Waals surface area contributed by atoms with Crippen molar-refractivity contribution in [3.05, 3.63) is 58.9 Å². The molecule has 4 rings (SSSR count). The molecule has 2 aromatic carbocycles. The Kier molecular flexibility index (Phi) is 6.85. The summed E-state index contributed by atoms with van der Waals surface area (Å²) in [6.07, 6.45) is -0.940. The van der Waals surface area contributed by atoms with Crippen LogP contribution in [0.1, 0.15) is 49.5 Å². The van der Waals surface area contributed by atoms with Gasteiger partial charge in [-0.2, -0.15) is 0 Å². The van der Waals surface area contributed by atoms with Crippen molar-refractivity contribution >= 4 is 5.97 Å². The van der Waals surface area contributed by atoms with E-state index in [1.165, 1.54) is 13.2 Å². The summed E-state index contributed by atoms with van der Waals surface area (Å²) in [4.78, 5) is 11.3. The molecule has 1 saturated carbocycles. The summed E-state index contributed by atoms with van der Waals surface area (Å²) in [5.41, 5.74) is 1.89. The number of nitrogens with one attached hydrogen (secondary N) is 1. The van der Waals surface area contributed by atoms with Gasteiger partial charge in [0.2, 0.25) is 0 Å². The molecule has 1 heterocycles. The maximum atomic E-state index is 14.3. The maximum Gasteiger partial charge on any atom is 0.311 e. The molecule has 34 heavy (non-hydrogen) atoms. The summed E-state index contributed by atoms with van der Waals surface area (Å²) < 4.78 is 31.2. The molecule has 5 atom stereocenters. The van der Waals surface area contributed by atoms with Crippen molar-refractivity contribution in [3.63, 3.8) is 0 Å². The number of carboxylic acids is 1. The summed E-state index contributed by atoms with van der Waals surface area (Å²) in [5.74, 6) is -0.533. The number of aliphatic hydroxyl groups excluding tert-OH is 1. The van der Waals surface area contributed by atoms with Gasteiger partial charge in [-0.05, 0) is 38.8 Å². The summed E-state index contributed by atoms with van der Waals surface area (Å²) in [6, 6.07) is 10.5. The molecular formula is C26H32FNO6. The van der Waals surface area contributed by atoms with Gasteiger partial charge in [-0.3, -0.25) is 4.79 Å². The molecule has 1 aliphatic heterocycles. The number of carboxylic acid groups (broad SMARTS) is 1. The van der Waals surface area contributed by atoms with E-state index >= 15 is 0 Å². The highest BCUT2D eigenvalue weighted by molar-refractivity contribution is 5.79. The molecule has 0 spiro atoms. The van der Waals surface area contributed by atoms with Gasteiger partial charge >= 0.3 is 5.97 Å². The SMILES string of the molecule is COc1ccc(CC(C)(C)NC[C@@H](O)CO[C@H](C)c2cccc3c2O[C@@H]2[C@@H](C(=O)O)[C@H]32)c(F)c1. The molecule has 0 saturated heterocycles. The van der Waals surface area contributed by atoms with E-state index in [4.69, 9.17) is 14.2 Å². The van der Waals surface area contributed by atoms with Crippen LogP contribution in [0.3, 0.4) is 0 Å². The molecule has 184 valence electrons. The molecule has 0 unspecified atom stereocenters. The summed E-state index contributed by atoms with van der Waals surface area (Å²) >= 11 is 0. The first kappa shape index (κ1) is 24.4. The quantitative estimate of drug-likeness (QED) is 0.460. The Balaban J connectivity index is 1.27. The summed E-state index contributed by atoms with van der Waals surface area (Å²) in [7, 11) is 1.50. The third-order valence-corrected chi connectivity index (χ3v) is 6.61. The van der Waals surface area contributed by atoms with Crippen LogP contribution in [0.4, 0.5) is 4.39 Å². The highest BCUT2D eigenvalue weighted by atomic mass is 19.1. The zero-order chi connectivity index (χ0) is 24.6. The van der Waals surface area contributed by atoms with Crippen molar-refractivity contribution in [1.29, 1.82) is 0 Å². The third-order valence-electron chi connectivity index (χ3n) is 6.61. The van der Waals surface area contributed by atoms with Gasteiger partial charge in [0.1, 0.15) is 29.3 Å². The van der Waals surface area contributed by atoms with E-state index in [2.05, 4.69) is 5.32 Å². The van der Waals surface area contributed by atoms with Gasteiger partial charge < -0.3 is 29.7 Å². The largest absolute Gasteiger partial charge is 0.497 e. The number of carbonyl (C=O) groups is 1. The Morgan fingerprint density at radius 1 is 1.29 bits per heavy atom. The fraction of sp³-hybridized carbons (Fsp3) is 0.500. The Bertz CT molecular complexity index is 1060. The minimum Gasteiger partial charge on any atom is -0.497 e. The summed E-state index contributed by atoms with van der Waals surface area (Å²) in [6.45, 7) is 6.18. The molecule has 0 bridgehead atoms. The van der Waals surface area contributed by atoms with E-state index in [1.807, 2.05) is 39.0 Å². The lowest BCUT2D eigenvalue weighted by Crippen LogP contribution is -2.46. The van der Waals surface area contributed by atoms with Gasteiger partial charge in [-0.25, -0.2) is 4.39 Å². The molecule has 0 radical (unpaired) electrons. The maximum absolute atomic E-state index is 14.3. The van der Waals surface area contributed by atoms with Crippen molar-refractivity contribution in [2.24, 2.45) is 5.92 Å². The molecule has 2 aliphatic rings. The monoisotopic (exact) mass is 473 g/mol. The predicted octanol–water partition coefficient (Wildman–Crippen LogP) is 3.44. The molecule has 0 aromatic heterocycles. The van der Waals surface area contributed by atoms with Crippen LogP contribution >= 0.6 is 0 Å². The van der Waals surface area contributed by atoms with Crippen molar-refractivity contribution in [2.75, 3.05) is 20.3 Å². The van der Waals surface area contributed by atoms with Gasteiger partial charge in [0, 0.05) is 35.2 Å². The Morgan fingerprint density at radius 3 is 2.74 bits per heavy atom. The van der Waals surface area contributed by atoms with Gasteiger partial charge in [-0.15, -0.1) is 0 Å². The van der Waals surface area contributed by atoms with E-state index in [0.29, 0.717) is 23.5 Å². The fourth-order valence-corrected chi connectivity index (χ4v) is 4.66. The van der Waals surface area contributed by atoms with E-state index in [9.17, 15) is 19.4 Å². The smallest absolute Gasteiger partial charge is 0.311 e.